The van der Waals surface area contributed by atoms with E-state index in [2.05, 4.69) is 20.8 Å². The lowest BCUT2D eigenvalue weighted by atomic mass is 9.66. The molecule has 0 radical (unpaired) electrons. The highest BCUT2D eigenvalue weighted by Crippen LogP contribution is 2.43. The summed E-state index contributed by atoms with van der Waals surface area (Å²) in [6, 6.07) is 0.232. The van der Waals surface area contributed by atoms with Crippen LogP contribution < -0.4 is 5.73 Å². The van der Waals surface area contributed by atoms with Gasteiger partial charge in [0, 0.05) is 13.2 Å². The molecule has 2 saturated carbocycles. The van der Waals surface area contributed by atoms with E-state index in [1.807, 2.05) is 7.11 Å². The molecule has 2 fully saturated rings. The number of ether oxygens (including phenoxy) is 1. The van der Waals surface area contributed by atoms with E-state index in [9.17, 15) is 0 Å². The first-order valence-corrected chi connectivity index (χ1v) is 8.27. The summed E-state index contributed by atoms with van der Waals surface area (Å²) in [4.78, 5) is 0. The smallest absolute Gasteiger partial charge is 0.0831 e. The fourth-order valence-electron chi connectivity index (χ4n) is 4.66. The molecule has 19 heavy (non-hydrogen) atoms. The molecule has 0 aliphatic heterocycles. The van der Waals surface area contributed by atoms with Crippen LogP contribution in [-0.4, -0.2) is 18.8 Å². The minimum absolute atomic E-state index is 0.0338. The van der Waals surface area contributed by atoms with Crippen LogP contribution in [0, 0.1) is 23.7 Å². The van der Waals surface area contributed by atoms with Crippen molar-refractivity contribution in [2.45, 2.75) is 77.4 Å². The molecule has 0 aromatic carbocycles. The highest BCUT2D eigenvalue weighted by Gasteiger charge is 2.44. The van der Waals surface area contributed by atoms with Crippen LogP contribution in [0.3, 0.4) is 0 Å². The second kappa shape index (κ2) is 6.13. The van der Waals surface area contributed by atoms with E-state index in [4.69, 9.17) is 10.5 Å². The summed E-state index contributed by atoms with van der Waals surface area (Å²) >= 11 is 0. The zero-order valence-electron chi connectivity index (χ0n) is 13.3. The van der Waals surface area contributed by atoms with Crippen LogP contribution in [0.4, 0.5) is 0 Å². The lowest BCUT2D eigenvalue weighted by Crippen LogP contribution is -2.56. The molecule has 2 N–H and O–H groups in total. The molecular weight excluding hydrogens is 234 g/mol. The number of methoxy groups -OCH3 is 1. The molecule has 0 spiro atoms. The Balaban J connectivity index is 2.05. The summed E-state index contributed by atoms with van der Waals surface area (Å²) in [7, 11) is 1.88. The molecule has 2 rings (SSSR count). The third-order valence-corrected chi connectivity index (χ3v) is 5.86. The molecule has 0 saturated heterocycles. The lowest BCUT2D eigenvalue weighted by molar-refractivity contribution is -0.0852. The Labute approximate surface area is 119 Å². The molecule has 3 unspecified atom stereocenters. The van der Waals surface area contributed by atoms with Crippen LogP contribution in [-0.2, 0) is 4.74 Å². The van der Waals surface area contributed by atoms with Crippen molar-refractivity contribution in [3.8, 4) is 0 Å². The van der Waals surface area contributed by atoms with E-state index in [0.717, 1.165) is 30.6 Å². The van der Waals surface area contributed by atoms with Gasteiger partial charge in [0.05, 0.1) is 5.60 Å². The molecule has 2 nitrogen and oxygen atoms in total. The molecule has 0 amide bonds. The zero-order chi connectivity index (χ0) is 14.0. The normalized spacial score (nSPS) is 45.9. The minimum Gasteiger partial charge on any atom is -0.377 e. The van der Waals surface area contributed by atoms with E-state index in [-0.39, 0.29) is 11.6 Å². The van der Waals surface area contributed by atoms with Crippen molar-refractivity contribution in [3.05, 3.63) is 0 Å². The van der Waals surface area contributed by atoms with Gasteiger partial charge in [0.25, 0.3) is 0 Å². The first-order chi connectivity index (χ1) is 8.97. The average molecular weight is 267 g/mol. The second-order valence-electron chi connectivity index (χ2n) is 7.65. The van der Waals surface area contributed by atoms with Gasteiger partial charge in [-0.2, -0.15) is 0 Å². The van der Waals surface area contributed by atoms with Gasteiger partial charge in [-0.25, -0.2) is 0 Å². The van der Waals surface area contributed by atoms with E-state index < -0.39 is 0 Å². The van der Waals surface area contributed by atoms with Gasteiger partial charge >= 0.3 is 0 Å². The lowest BCUT2D eigenvalue weighted by Gasteiger charge is -2.47. The van der Waals surface area contributed by atoms with Gasteiger partial charge in [-0.3, -0.25) is 0 Å². The molecule has 2 heteroatoms. The highest BCUT2D eigenvalue weighted by atomic mass is 16.5. The van der Waals surface area contributed by atoms with Crippen LogP contribution >= 0.6 is 0 Å². The van der Waals surface area contributed by atoms with Gasteiger partial charge in [0.15, 0.2) is 0 Å². The topological polar surface area (TPSA) is 35.2 Å². The van der Waals surface area contributed by atoms with Crippen molar-refractivity contribution in [1.29, 1.82) is 0 Å². The number of hydrogen-bond donors (Lipinski definition) is 1. The van der Waals surface area contributed by atoms with Crippen LogP contribution in [0.25, 0.3) is 0 Å². The van der Waals surface area contributed by atoms with E-state index in [0.29, 0.717) is 5.92 Å². The van der Waals surface area contributed by atoms with E-state index >= 15 is 0 Å². The Morgan fingerprint density at radius 1 is 0.947 bits per heavy atom. The van der Waals surface area contributed by atoms with Gasteiger partial charge in [-0.15, -0.1) is 0 Å². The quantitative estimate of drug-likeness (QED) is 0.839. The van der Waals surface area contributed by atoms with Crippen molar-refractivity contribution in [2.24, 2.45) is 29.4 Å². The standard InChI is InChI=1S/C17H33NO/c1-12-5-7-17(19-4,8-6-12)16(18)15-10-13(2)9-14(3)11-15/h12-16H,5-11,18H2,1-4H3. The maximum Gasteiger partial charge on any atom is 0.0831 e. The van der Waals surface area contributed by atoms with Crippen LogP contribution in [0.1, 0.15) is 65.7 Å². The molecule has 2 aliphatic carbocycles. The molecule has 3 atom stereocenters. The summed E-state index contributed by atoms with van der Waals surface area (Å²) in [6.45, 7) is 7.13. The van der Waals surface area contributed by atoms with Crippen molar-refractivity contribution in [2.75, 3.05) is 7.11 Å². The molecule has 2 aliphatic rings. The van der Waals surface area contributed by atoms with Gasteiger partial charge < -0.3 is 10.5 Å². The van der Waals surface area contributed by atoms with Crippen LogP contribution in [0.2, 0.25) is 0 Å². The predicted octanol–water partition coefficient (Wildman–Crippen LogP) is 3.98. The minimum atomic E-state index is -0.0338. The molecular formula is C17H33NO. The SMILES string of the molecule is COC1(C(N)C2CC(C)CC(C)C2)CCC(C)CC1. The monoisotopic (exact) mass is 267 g/mol. The van der Waals surface area contributed by atoms with Gasteiger partial charge in [0.1, 0.15) is 0 Å². The number of hydrogen-bond acceptors (Lipinski definition) is 2. The summed E-state index contributed by atoms with van der Waals surface area (Å²) in [5.74, 6) is 3.17. The third-order valence-electron chi connectivity index (χ3n) is 5.86. The maximum atomic E-state index is 6.71. The Kier molecular flexibility index (Phi) is 4.94. The number of nitrogens with two attached hydrogens (primary N) is 1. The third kappa shape index (κ3) is 3.33. The predicted molar refractivity (Wildman–Crippen MR) is 81.0 cm³/mol. The first kappa shape index (κ1) is 15.3. The van der Waals surface area contributed by atoms with Crippen LogP contribution in [0.5, 0.6) is 0 Å². The van der Waals surface area contributed by atoms with E-state index in [1.54, 1.807) is 0 Å². The Morgan fingerprint density at radius 2 is 1.47 bits per heavy atom. The fraction of sp³-hybridized carbons (Fsp3) is 1.00. The maximum absolute atomic E-state index is 6.71. The van der Waals surface area contributed by atoms with Gasteiger partial charge in [-0.05, 0) is 68.6 Å². The van der Waals surface area contributed by atoms with Crippen molar-refractivity contribution in [1.82, 2.24) is 0 Å². The summed E-state index contributed by atoms with van der Waals surface area (Å²) < 4.78 is 5.99. The average Bonchev–Trinajstić information content (AvgIpc) is 2.38. The molecule has 0 aromatic rings. The fourth-order valence-corrected chi connectivity index (χ4v) is 4.66. The van der Waals surface area contributed by atoms with Gasteiger partial charge in [0.2, 0.25) is 0 Å². The number of rotatable bonds is 3. The van der Waals surface area contributed by atoms with Crippen molar-refractivity contribution in [3.63, 3.8) is 0 Å². The Morgan fingerprint density at radius 3 is 1.95 bits per heavy atom. The zero-order valence-corrected chi connectivity index (χ0v) is 13.3. The van der Waals surface area contributed by atoms with Crippen molar-refractivity contribution >= 4 is 0 Å². The highest BCUT2D eigenvalue weighted by molar-refractivity contribution is 4.99. The van der Waals surface area contributed by atoms with Crippen molar-refractivity contribution < 1.29 is 4.74 Å². The molecule has 0 heterocycles. The second-order valence-corrected chi connectivity index (χ2v) is 7.65. The summed E-state index contributed by atoms with van der Waals surface area (Å²) in [6.07, 6.45) is 8.84. The summed E-state index contributed by atoms with van der Waals surface area (Å²) in [5.41, 5.74) is 6.68. The van der Waals surface area contributed by atoms with Gasteiger partial charge in [-0.1, -0.05) is 20.8 Å². The Bertz CT molecular complexity index is 273. The molecule has 0 aromatic heterocycles. The first-order valence-electron chi connectivity index (χ1n) is 8.27. The van der Waals surface area contributed by atoms with Crippen LogP contribution in [0.15, 0.2) is 0 Å². The van der Waals surface area contributed by atoms with E-state index in [1.165, 1.54) is 32.1 Å². The molecule has 112 valence electrons. The summed E-state index contributed by atoms with van der Waals surface area (Å²) in [5, 5.41) is 0. The largest absolute Gasteiger partial charge is 0.377 e. The Hall–Kier alpha value is -0.0800. The molecule has 0 bridgehead atoms.